The highest BCUT2D eigenvalue weighted by Gasteiger charge is 2.30. The summed E-state index contributed by atoms with van der Waals surface area (Å²) in [6.07, 6.45) is -4.31. The van der Waals surface area contributed by atoms with Crippen LogP contribution in [-0.4, -0.2) is 15.7 Å². The van der Waals surface area contributed by atoms with Crippen LogP contribution >= 0.6 is 0 Å². The number of benzene rings is 2. The van der Waals surface area contributed by atoms with E-state index in [2.05, 4.69) is 10.4 Å². The zero-order chi connectivity index (χ0) is 19.6. The number of hydrogen-bond acceptors (Lipinski definition) is 2. The van der Waals surface area contributed by atoms with E-state index in [1.165, 1.54) is 12.1 Å². The minimum absolute atomic E-state index is 0.0888. The Balaban J connectivity index is 1.74. The Kier molecular flexibility index (Phi) is 5.03. The lowest BCUT2D eigenvalue weighted by Gasteiger charge is -2.09. The minimum Gasteiger partial charge on any atom is -0.326 e. The van der Waals surface area contributed by atoms with Crippen LogP contribution in [0, 0.1) is 13.8 Å². The van der Waals surface area contributed by atoms with Crippen LogP contribution in [-0.2, 0) is 17.4 Å². The third-order valence-corrected chi connectivity index (χ3v) is 4.28. The quantitative estimate of drug-likeness (QED) is 0.721. The molecule has 0 radical (unpaired) electrons. The number of para-hydroxylation sites is 1. The van der Waals surface area contributed by atoms with Gasteiger partial charge in [0.25, 0.3) is 0 Å². The molecule has 0 aliphatic rings. The summed E-state index contributed by atoms with van der Waals surface area (Å²) in [5, 5.41) is 7.12. The van der Waals surface area contributed by atoms with Crippen LogP contribution in [0.4, 0.5) is 18.9 Å². The lowest BCUT2D eigenvalue weighted by Crippen LogP contribution is -2.15. The van der Waals surface area contributed by atoms with Gasteiger partial charge in [0, 0.05) is 16.9 Å². The fourth-order valence-corrected chi connectivity index (χ4v) is 2.86. The molecule has 27 heavy (non-hydrogen) atoms. The second kappa shape index (κ2) is 7.26. The second-order valence-corrected chi connectivity index (χ2v) is 6.20. The van der Waals surface area contributed by atoms with E-state index in [4.69, 9.17) is 0 Å². The number of carbonyl (C=O) groups excluding carboxylic acids is 1. The van der Waals surface area contributed by atoms with Crippen LogP contribution < -0.4 is 5.32 Å². The number of rotatable bonds is 4. The molecule has 2 aromatic carbocycles. The molecule has 1 aromatic heterocycles. The zero-order valence-electron chi connectivity index (χ0n) is 14.8. The van der Waals surface area contributed by atoms with E-state index in [-0.39, 0.29) is 12.3 Å². The monoisotopic (exact) mass is 373 g/mol. The van der Waals surface area contributed by atoms with Gasteiger partial charge in [0.05, 0.1) is 23.4 Å². The number of alkyl halides is 3. The van der Waals surface area contributed by atoms with Gasteiger partial charge in [-0.2, -0.15) is 18.3 Å². The highest BCUT2D eigenvalue weighted by atomic mass is 19.4. The number of aromatic nitrogens is 2. The summed E-state index contributed by atoms with van der Waals surface area (Å²) in [5.74, 6) is -0.312. The van der Waals surface area contributed by atoms with Crippen molar-refractivity contribution in [2.75, 3.05) is 5.32 Å². The average molecular weight is 373 g/mol. The molecule has 0 fully saturated rings. The Labute approximate surface area is 154 Å². The van der Waals surface area contributed by atoms with Gasteiger partial charge in [-0.1, -0.05) is 18.2 Å². The Morgan fingerprint density at radius 2 is 1.67 bits per heavy atom. The maximum atomic E-state index is 12.6. The van der Waals surface area contributed by atoms with E-state index in [1.54, 1.807) is 4.68 Å². The van der Waals surface area contributed by atoms with Gasteiger partial charge in [-0.3, -0.25) is 4.79 Å². The smallest absolute Gasteiger partial charge is 0.326 e. The van der Waals surface area contributed by atoms with Crippen LogP contribution in [0.5, 0.6) is 0 Å². The van der Waals surface area contributed by atoms with Crippen LogP contribution in [0.3, 0.4) is 0 Å². The molecule has 1 amide bonds. The van der Waals surface area contributed by atoms with E-state index >= 15 is 0 Å². The van der Waals surface area contributed by atoms with Gasteiger partial charge in [0.15, 0.2) is 0 Å². The third kappa shape index (κ3) is 4.19. The summed E-state index contributed by atoms with van der Waals surface area (Å²) < 4.78 is 39.6. The van der Waals surface area contributed by atoms with Crippen molar-refractivity contribution in [2.45, 2.75) is 26.4 Å². The molecule has 0 spiro atoms. The Bertz CT molecular complexity index is 945. The number of halogens is 3. The summed E-state index contributed by atoms with van der Waals surface area (Å²) in [4.78, 5) is 12.3. The zero-order valence-corrected chi connectivity index (χ0v) is 14.8. The molecule has 1 N–H and O–H groups in total. The summed E-state index contributed by atoms with van der Waals surface area (Å²) in [5.41, 5.74) is 2.84. The lowest BCUT2D eigenvalue weighted by atomic mass is 10.1. The molecule has 4 nitrogen and oxygen atoms in total. The normalized spacial score (nSPS) is 11.4. The van der Waals surface area contributed by atoms with E-state index in [0.717, 1.165) is 34.8 Å². The number of hydrogen-bond donors (Lipinski definition) is 1. The molecule has 140 valence electrons. The molecule has 1 heterocycles. The average Bonchev–Trinajstić information content (AvgIpc) is 2.90. The number of amides is 1. The van der Waals surface area contributed by atoms with Crippen molar-refractivity contribution in [1.29, 1.82) is 0 Å². The molecule has 3 rings (SSSR count). The Morgan fingerprint density at radius 1 is 1.04 bits per heavy atom. The maximum absolute atomic E-state index is 12.6. The molecule has 0 bridgehead atoms. The summed E-state index contributed by atoms with van der Waals surface area (Å²) in [7, 11) is 0. The first-order chi connectivity index (χ1) is 12.8. The first kappa shape index (κ1) is 18.7. The molecule has 3 aromatic rings. The van der Waals surface area contributed by atoms with E-state index in [1.807, 2.05) is 44.2 Å². The van der Waals surface area contributed by atoms with Gasteiger partial charge in [-0.25, -0.2) is 4.68 Å². The molecule has 0 unspecified atom stereocenters. The number of carbonyl (C=O) groups is 1. The van der Waals surface area contributed by atoms with E-state index < -0.39 is 11.7 Å². The molecule has 0 saturated heterocycles. The maximum Gasteiger partial charge on any atom is 0.416 e. The lowest BCUT2D eigenvalue weighted by molar-refractivity contribution is -0.137. The van der Waals surface area contributed by atoms with Crippen LogP contribution in [0.2, 0.25) is 0 Å². The predicted molar refractivity (Wildman–Crippen MR) is 96.8 cm³/mol. The van der Waals surface area contributed by atoms with Crippen LogP contribution in [0.25, 0.3) is 5.69 Å². The van der Waals surface area contributed by atoms with Crippen molar-refractivity contribution in [3.05, 3.63) is 77.1 Å². The Morgan fingerprint density at radius 3 is 2.26 bits per heavy atom. The first-order valence-corrected chi connectivity index (χ1v) is 8.33. The van der Waals surface area contributed by atoms with Crippen LogP contribution in [0.15, 0.2) is 54.6 Å². The fourth-order valence-electron chi connectivity index (χ4n) is 2.86. The second-order valence-electron chi connectivity index (χ2n) is 6.20. The van der Waals surface area contributed by atoms with Crippen molar-refractivity contribution >= 4 is 11.6 Å². The number of aryl methyl sites for hydroxylation is 1. The largest absolute Gasteiger partial charge is 0.416 e. The van der Waals surface area contributed by atoms with Gasteiger partial charge < -0.3 is 5.32 Å². The molecular formula is C20H18F3N3O. The molecule has 0 aliphatic heterocycles. The molecule has 0 aliphatic carbocycles. The van der Waals surface area contributed by atoms with Crippen molar-refractivity contribution in [1.82, 2.24) is 9.78 Å². The molecule has 0 saturated carbocycles. The van der Waals surface area contributed by atoms with Gasteiger partial charge in [0.2, 0.25) is 5.91 Å². The van der Waals surface area contributed by atoms with Gasteiger partial charge in [-0.15, -0.1) is 0 Å². The molecule has 7 heteroatoms. The third-order valence-electron chi connectivity index (χ3n) is 4.28. The van der Waals surface area contributed by atoms with Crippen LogP contribution in [0.1, 0.15) is 22.5 Å². The molecular weight excluding hydrogens is 355 g/mol. The van der Waals surface area contributed by atoms with Gasteiger partial charge in [0.1, 0.15) is 0 Å². The number of nitrogens with one attached hydrogen (secondary N) is 1. The summed E-state index contributed by atoms with van der Waals surface area (Å²) in [6.45, 7) is 3.71. The summed E-state index contributed by atoms with van der Waals surface area (Å²) >= 11 is 0. The van der Waals surface area contributed by atoms with Crippen molar-refractivity contribution in [2.24, 2.45) is 0 Å². The van der Waals surface area contributed by atoms with Crippen molar-refractivity contribution in [3.8, 4) is 5.69 Å². The molecule has 0 atom stereocenters. The van der Waals surface area contributed by atoms with E-state index in [9.17, 15) is 18.0 Å². The SMILES string of the molecule is Cc1nn(-c2ccccc2)c(C)c1CC(=O)Nc1ccc(C(F)(F)F)cc1. The summed E-state index contributed by atoms with van der Waals surface area (Å²) in [6, 6.07) is 13.9. The highest BCUT2D eigenvalue weighted by Crippen LogP contribution is 2.29. The van der Waals surface area contributed by atoms with Crippen molar-refractivity contribution in [3.63, 3.8) is 0 Å². The van der Waals surface area contributed by atoms with E-state index in [0.29, 0.717) is 5.69 Å². The predicted octanol–water partition coefficient (Wildman–Crippen LogP) is 4.69. The topological polar surface area (TPSA) is 46.9 Å². The van der Waals surface area contributed by atoms with Gasteiger partial charge in [-0.05, 0) is 50.2 Å². The van der Waals surface area contributed by atoms with Gasteiger partial charge >= 0.3 is 6.18 Å². The fraction of sp³-hybridized carbons (Fsp3) is 0.200. The highest BCUT2D eigenvalue weighted by molar-refractivity contribution is 5.92. The number of nitrogens with zero attached hydrogens (tertiary/aromatic N) is 2. The minimum atomic E-state index is -4.40. The standard InChI is InChI=1S/C20H18F3N3O/c1-13-18(14(2)26(25-13)17-6-4-3-5-7-17)12-19(27)24-16-10-8-15(9-11-16)20(21,22)23/h3-11H,12H2,1-2H3,(H,24,27). The Hall–Kier alpha value is -3.09. The first-order valence-electron chi connectivity index (χ1n) is 8.33. The number of anilines is 1. The van der Waals surface area contributed by atoms with Crippen molar-refractivity contribution < 1.29 is 18.0 Å².